The van der Waals surface area contributed by atoms with Crippen LogP contribution in [0, 0.1) is 0 Å². The van der Waals surface area contributed by atoms with Gasteiger partial charge in [-0.1, -0.05) is 0 Å². The van der Waals surface area contributed by atoms with Gasteiger partial charge >= 0.3 is 6.18 Å². The molecule has 2 heterocycles. The molecule has 1 aliphatic heterocycles. The van der Waals surface area contributed by atoms with E-state index in [1.54, 1.807) is 13.8 Å². The van der Waals surface area contributed by atoms with Crippen molar-refractivity contribution in [2.75, 3.05) is 4.90 Å². The highest BCUT2D eigenvalue weighted by Crippen LogP contribution is 2.34. The number of carbonyl (C=O) groups is 1. The van der Waals surface area contributed by atoms with E-state index in [1.165, 1.54) is 11.1 Å². The SMILES string of the molecule is CC(C)N1c2nc(Cl)ncc2CC(=O)C1CC(F)(F)F. The van der Waals surface area contributed by atoms with Crippen LogP contribution in [-0.2, 0) is 11.2 Å². The second kappa shape index (κ2) is 5.20. The lowest BCUT2D eigenvalue weighted by Crippen LogP contribution is -2.51. The van der Waals surface area contributed by atoms with Crippen LogP contribution in [-0.4, -0.2) is 34.0 Å². The van der Waals surface area contributed by atoms with Gasteiger partial charge in [-0.3, -0.25) is 4.79 Å². The molecule has 0 N–H and O–H groups in total. The van der Waals surface area contributed by atoms with E-state index in [9.17, 15) is 18.0 Å². The normalized spacial score (nSPS) is 19.4. The number of ketones is 1. The number of halogens is 4. The highest BCUT2D eigenvalue weighted by atomic mass is 35.5. The Balaban J connectivity index is 2.46. The molecule has 1 aromatic rings. The Labute approximate surface area is 119 Å². The van der Waals surface area contributed by atoms with Gasteiger partial charge in [0.05, 0.1) is 12.5 Å². The lowest BCUT2D eigenvalue weighted by atomic mass is 9.94. The largest absolute Gasteiger partial charge is 0.391 e. The molecule has 0 aliphatic carbocycles. The molecule has 0 fully saturated rings. The van der Waals surface area contributed by atoms with E-state index in [0.29, 0.717) is 11.4 Å². The molecule has 1 aromatic heterocycles. The van der Waals surface area contributed by atoms with Crippen LogP contribution in [0.1, 0.15) is 25.8 Å². The molecule has 110 valence electrons. The number of Topliss-reactive ketones (excluding diaryl/α,β-unsaturated/α-hetero) is 1. The van der Waals surface area contributed by atoms with Gasteiger partial charge in [-0.05, 0) is 25.4 Å². The smallest absolute Gasteiger partial charge is 0.343 e. The van der Waals surface area contributed by atoms with Gasteiger partial charge in [0, 0.05) is 24.2 Å². The summed E-state index contributed by atoms with van der Waals surface area (Å²) in [6.07, 6.45) is -4.31. The van der Waals surface area contributed by atoms with Crippen molar-refractivity contribution in [2.24, 2.45) is 0 Å². The molecule has 1 atom stereocenters. The van der Waals surface area contributed by atoms with Crippen LogP contribution in [0.4, 0.5) is 19.0 Å². The van der Waals surface area contributed by atoms with E-state index in [2.05, 4.69) is 9.97 Å². The van der Waals surface area contributed by atoms with Crippen molar-refractivity contribution in [3.05, 3.63) is 17.0 Å². The minimum atomic E-state index is -4.41. The summed E-state index contributed by atoms with van der Waals surface area (Å²) in [5.41, 5.74) is 0.506. The highest BCUT2D eigenvalue weighted by Gasteiger charge is 2.43. The van der Waals surface area contributed by atoms with E-state index < -0.39 is 24.4 Å². The molecule has 1 aliphatic rings. The molecule has 0 bridgehead atoms. The van der Waals surface area contributed by atoms with Crippen molar-refractivity contribution < 1.29 is 18.0 Å². The first-order valence-electron chi connectivity index (χ1n) is 6.08. The Hall–Kier alpha value is -1.37. The Morgan fingerprint density at radius 2 is 2.15 bits per heavy atom. The topological polar surface area (TPSA) is 46.1 Å². The monoisotopic (exact) mass is 307 g/mol. The maximum atomic E-state index is 12.7. The number of nitrogens with zero attached hydrogens (tertiary/aromatic N) is 3. The Kier molecular flexibility index (Phi) is 3.90. The molecular weight excluding hydrogens is 295 g/mol. The van der Waals surface area contributed by atoms with Crippen LogP contribution >= 0.6 is 11.6 Å². The number of carbonyl (C=O) groups excluding carboxylic acids is 1. The fourth-order valence-corrected chi connectivity index (χ4v) is 2.50. The summed E-state index contributed by atoms with van der Waals surface area (Å²) in [6, 6.07) is -1.57. The molecule has 8 heteroatoms. The van der Waals surface area contributed by atoms with Crippen LogP contribution in [0.3, 0.4) is 0 Å². The average Bonchev–Trinajstić information content (AvgIpc) is 2.28. The zero-order valence-corrected chi connectivity index (χ0v) is 11.7. The maximum Gasteiger partial charge on any atom is 0.391 e. The second-order valence-electron chi connectivity index (χ2n) is 4.97. The van der Waals surface area contributed by atoms with E-state index in [1.807, 2.05) is 0 Å². The minimum Gasteiger partial charge on any atom is -0.343 e. The van der Waals surface area contributed by atoms with Crippen molar-refractivity contribution in [3.63, 3.8) is 0 Å². The first kappa shape index (κ1) is 15.0. The molecule has 4 nitrogen and oxygen atoms in total. The molecule has 0 saturated carbocycles. The summed E-state index contributed by atoms with van der Waals surface area (Å²) in [4.78, 5) is 21.1. The summed E-state index contributed by atoms with van der Waals surface area (Å²) >= 11 is 5.71. The summed E-state index contributed by atoms with van der Waals surface area (Å²) in [7, 11) is 0. The van der Waals surface area contributed by atoms with Crippen molar-refractivity contribution >= 4 is 23.2 Å². The van der Waals surface area contributed by atoms with Crippen LogP contribution in [0.25, 0.3) is 0 Å². The predicted octanol–water partition coefficient (Wildman–Crippen LogP) is 2.79. The Morgan fingerprint density at radius 1 is 1.50 bits per heavy atom. The number of alkyl halides is 3. The predicted molar refractivity (Wildman–Crippen MR) is 67.8 cm³/mol. The van der Waals surface area contributed by atoms with Gasteiger partial charge in [-0.25, -0.2) is 9.97 Å². The third-order valence-electron chi connectivity index (χ3n) is 3.11. The van der Waals surface area contributed by atoms with Crippen molar-refractivity contribution in [2.45, 2.75) is 44.9 Å². The number of fused-ring (bicyclic) bond motifs is 1. The molecule has 1 unspecified atom stereocenters. The number of hydrogen-bond acceptors (Lipinski definition) is 4. The molecule has 2 rings (SSSR count). The number of rotatable bonds is 2. The number of aromatic nitrogens is 2. The van der Waals surface area contributed by atoms with Crippen LogP contribution < -0.4 is 4.90 Å². The van der Waals surface area contributed by atoms with Crippen LogP contribution in [0.2, 0.25) is 5.28 Å². The van der Waals surface area contributed by atoms with Gasteiger partial charge in [0.15, 0.2) is 5.78 Å². The van der Waals surface area contributed by atoms with Crippen molar-refractivity contribution in [1.82, 2.24) is 9.97 Å². The fourth-order valence-electron chi connectivity index (χ4n) is 2.37. The van der Waals surface area contributed by atoms with Gasteiger partial charge in [0.25, 0.3) is 0 Å². The van der Waals surface area contributed by atoms with Gasteiger partial charge < -0.3 is 4.90 Å². The molecule has 0 saturated heterocycles. The van der Waals surface area contributed by atoms with E-state index in [0.717, 1.165) is 0 Å². The molecule has 0 aromatic carbocycles. The minimum absolute atomic E-state index is 0.0468. The molecular formula is C12H13ClF3N3O. The number of anilines is 1. The summed E-state index contributed by atoms with van der Waals surface area (Å²) in [5.74, 6) is -0.164. The van der Waals surface area contributed by atoms with Crippen LogP contribution in [0.5, 0.6) is 0 Å². The lowest BCUT2D eigenvalue weighted by Gasteiger charge is -2.39. The molecule has 0 spiro atoms. The summed E-state index contributed by atoms with van der Waals surface area (Å²) in [5, 5.41) is -0.0468. The zero-order chi connectivity index (χ0) is 15.1. The molecule has 0 radical (unpaired) electrons. The van der Waals surface area contributed by atoms with E-state index >= 15 is 0 Å². The zero-order valence-electron chi connectivity index (χ0n) is 10.9. The quantitative estimate of drug-likeness (QED) is 0.788. The molecule has 20 heavy (non-hydrogen) atoms. The van der Waals surface area contributed by atoms with Crippen LogP contribution in [0.15, 0.2) is 6.20 Å². The summed E-state index contributed by atoms with van der Waals surface area (Å²) < 4.78 is 38.0. The average molecular weight is 308 g/mol. The van der Waals surface area contributed by atoms with Gasteiger partial charge in [-0.15, -0.1) is 0 Å². The van der Waals surface area contributed by atoms with Gasteiger partial charge in [-0.2, -0.15) is 13.2 Å². The van der Waals surface area contributed by atoms with Gasteiger partial charge in [0.2, 0.25) is 5.28 Å². The highest BCUT2D eigenvalue weighted by molar-refractivity contribution is 6.28. The first-order valence-corrected chi connectivity index (χ1v) is 6.46. The lowest BCUT2D eigenvalue weighted by molar-refractivity contribution is -0.147. The van der Waals surface area contributed by atoms with Crippen molar-refractivity contribution in [3.8, 4) is 0 Å². The van der Waals surface area contributed by atoms with E-state index in [4.69, 9.17) is 11.6 Å². The van der Waals surface area contributed by atoms with Crippen molar-refractivity contribution in [1.29, 1.82) is 0 Å². The molecule has 0 amide bonds. The summed E-state index contributed by atoms with van der Waals surface area (Å²) in [6.45, 7) is 3.42. The third kappa shape index (κ3) is 3.03. The van der Waals surface area contributed by atoms with E-state index in [-0.39, 0.29) is 17.7 Å². The standard InChI is InChI=1S/C12H13ClF3N3O/c1-6(2)19-8(4-12(14,15)16)9(20)3-7-5-17-11(13)18-10(7)19/h5-6,8H,3-4H2,1-2H3. The number of hydrogen-bond donors (Lipinski definition) is 0. The second-order valence-corrected chi connectivity index (χ2v) is 5.31. The first-order chi connectivity index (χ1) is 9.19. The maximum absolute atomic E-state index is 12.7. The Morgan fingerprint density at radius 3 is 2.70 bits per heavy atom. The third-order valence-corrected chi connectivity index (χ3v) is 3.29. The fraction of sp³-hybridized carbons (Fsp3) is 0.583. The van der Waals surface area contributed by atoms with Gasteiger partial charge in [0.1, 0.15) is 5.82 Å². The Bertz CT molecular complexity index is 533.